The molecule has 3 heterocycles. The highest BCUT2D eigenvalue weighted by Gasteiger charge is 2.19. The van der Waals surface area contributed by atoms with Gasteiger partial charge in [0.1, 0.15) is 0 Å². The van der Waals surface area contributed by atoms with Crippen LogP contribution in [0.1, 0.15) is 40.5 Å². The average molecular weight is 332 g/mol. The lowest BCUT2D eigenvalue weighted by Gasteiger charge is -2.27. The maximum atomic E-state index is 11.4. The molecule has 0 saturated heterocycles. The number of rotatable bonds is 5. The molecule has 7 heteroatoms. The molecule has 0 bridgehead atoms. The quantitative estimate of drug-likeness (QED) is 0.848. The summed E-state index contributed by atoms with van der Waals surface area (Å²) in [6.45, 7) is 7.04. The number of ketones is 1. The Morgan fingerprint density at radius 3 is 2.83 bits per heavy atom. The minimum absolute atomic E-state index is 0.0451. The number of amides is 1. The maximum absolute atomic E-state index is 11.4. The third-order valence-corrected chi connectivity index (χ3v) is 4.93. The summed E-state index contributed by atoms with van der Waals surface area (Å²) in [4.78, 5) is 25.5. The second kappa shape index (κ2) is 6.64. The number of nitrogens with one attached hydrogen (secondary N) is 1. The van der Waals surface area contributed by atoms with E-state index in [9.17, 15) is 9.59 Å². The number of hydrogen-bond donors (Lipinski definition) is 1. The molecule has 6 nitrogen and oxygen atoms in total. The van der Waals surface area contributed by atoms with Gasteiger partial charge in [-0.3, -0.25) is 19.2 Å². The van der Waals surface area contributed by atoms with E-state index in [1.54, 1.807) is 6.92 Å². The van der Waals surface area contributed by atoms with E-state index in [1.165, 1.54) is 29.5 Å². The summed E-state index contributed by atoms with van der Waals surface area (Å²) in [6.07, 6.45) is 0. The fourth-order valence-electron chi connectivity index (χ4n) is 2.72. The molecule has 2 aromatic rings. The van der Waals surface area contributed by atoms with Crippen LogP contribution in [0.15, 0.2) is 17.5 Å². The second-order valence-corrected chi connectivity index (χ2v) is 6.76. The van der Waals surface area contributed by atoms with Crippen LogP contribution in [0.3, 0.4) is 0 Å². The summed E-state index contributed by atoms with van der Waals surface area (Å²) in [7, 11) is 0. The van der Waals surface area contributed by atoms with Crippen molar-refractivity contribution in [2.45, 2.75) is 40.0 Å². The Morgan fingerprint density at radius 1 is 1.30 bits per heavy atom. The molecule has 3 rings (SSSR count). The number of nitrogens with zero attached hydrogens (tertiary/aromatic N) is 3. The molecule has 1 aliphatic heterocycles. The molecule has 0 aliphatic carbocycles. The van der Waals surface area contributed by atoms with Crippen LogP contribution in [-0.2, 0) is 31.0 Å². The normalized spacial score (nSPS) is 14.5. The maximum Gasteiger partial charge on any atom is 0.217 e. The summed E-state index contributed by atoms with van der Waals surface area (Å²) >= 11 is 1.51. The molecule has 122 valence electrons. The predicted octanol–water partition coefficient (Wildman–Crippen LogP) is 1.80. The highest BCUT2D eigenvalue weighted by Crippen LogP contribution is 2.20. The third kappa shape index (κ3) is 3.86. The first kappa shape index (κ1) is 15.9. The van der Waals surface area contributed by atoms with E-state index in [4.69, 9.17) is 0 Å². The lowest BCUT2D eigenvalue weighted by molar-refractivity contribution is -0.119. The highest BCUT2D eigenvalue weighted by atomic mass is 32.1. The summed E-state index contributed by atoms with van der Waals surface area (Å²) in [6, 6.07) is 4.04. The minimum Gasteiger partial charge on any atom is -0.351 e. The van der Waals surface area contributed by atoms with E-state index >= 15 is 0 Å². The number of fused-ring (bicyclic) bond motifs is 1. The Bertz CT molecular complexity index is 734. The summed E-state index contributed by atoms with van der Waals surface area (Å²) in [5.74, 6) is 0.0805. The molecule has 23 heavy (non-hydrogen) atoms. The first-order chi connectivity index (χ1) is 11.0. The van der Waals surface area contributed by atoms with Gasteiger partial charge < -0.3 is 5.32 Å². The first-order valence-corrected chi connectivity index (χ1v) is 8.50. The van der Waals surface area contributed by atoms with Crippen LogP contribution < -0.4 is 5.32 Å². The van der Waals surface area contributed by atoms with E-state index in [1.807, 2.05) is 10.7 Å². The minimum atomic E-state index is -0.0451. The molecule has 0 radical (unpaired) electrons. The van der Waals surface area contributed by atoms with Gasteiger partial charge in [0.2, 0.25) is 5.91 Å². The Labute approximate surface area is 139 Å². The highest BCUT2D eigenvalue weighted by molar-refractivity contribution is 7.12. The number of thiophene rings is 1. The van der Waals surface area contributed by atoms with E-state index < -0.39 is 0 Å². The lowest BCUT2D eigenvalue weighted by atomic mass is 10.2. The molecule has 0 spiro atoms. The van der Waals surface area contributed by atoms with Crippen molar-refractivity contribution in [1.29, 1.82) is 0 Å². The Morgan fingerprint density at radius 2 is 2.13 bits per heavy atom. The molecule has 0 atom stereocenters. The average Bonchev–Trinajstić information content (AvgIpc) is 3.11. The number of carbonyl (C=O) groups is 2. The zero-order chi connectivity index (χ0) is 16.4. The van der Waals surface area contributed by atoms with Crippen LogP contribution in [0.2, 0.25) is 0 Å². The van der Waals surface area contributed by atoms with Gasteiger partial charge in [0.15, 0.2) is 5.78 Å². The summed E-state index contributed by atoms with van der Waals surface area (Å²) < 4.78 is 2.02. The van der Waals surface area contributed by atoms with Crippen LogP contribution in [-0.4, -0.2) is 32.9 Å². The van der Waals surface area contributed by atoms with Gasteiger partial charge in [0.05, 0.1) is 29.4 Å². The molecule has 1 N–H and O–H groups in total. The zero-order valence-electron chi connectivity index (χ0n) is 13.3. The van der Waals surface area contributed by atoms with Gasteiger partial charge in [-0.2, -0.15) is 5.10 Å². The van der Waals surface area contributed by atoms with Crippen LogP contribution in [0, 0.1) is 0 Å². The van der Waals surface area contributed by atoms with Gasteiger partial charge in [0, 0.05) is 26.6 Å². The van der Waals surface area contributed by atoms with Gasteiger partial charge in [-0.15, -0.1) is 11.3 Å². The zero-order valence-corrected chi connectivity index (χ0v) is 14.2. The molecule has 2 aromatic heterocycles. The second-order valence-electron chi connectivity index (χ2n) is 5.85. The number of carbonyl (C=O) groups excluding carboxylic acids is 2. The van der Waals surface area contributed by atoms with Gasteiger partial charge >= 0.3 is 0 Å². The SMILES string of the molecule is CC(=O)NCc1cc2n(n1)CCN(Cc1csc(C(C)=O)c1)C2. The summed E-state index contributed by atoms with van der Waals surface area (Å²) in [5.41, 5.74) is 3.25. The number of aromatic nitrogens is 2. The van der Waals surface area contributed by atoms with Gasteiger partial charge in [-0.05, 0) is 30.0 Å². The van der Waals surface area contributed by atoms with Crippen LogP contribution >= 0.6 is 11.3 Å². The van der Waals surface area contributed by atoms with Crippen molar-refractivity contribution < 1.29 is 9.59 Å². The number of hydrogen-bond acceptors (Lipinski definition) is 5. The Kier molecular flexibility index (Phi) is 4.58. The van der Waals surface area contributed by atoms with Gasteiger partial charge in [0.25, 0.3) is 0 Å². The smallest absolute Gasteiger partial charge is 0.217 e. The lowest BCUT2D eigenvalue weighted by Crippen LogP contribution is -2.33. The molecule has 0 unspecified atom stereocenters. The van der Waals surface area contributed by atoms with Crippen molar-refractivity contribution in [3.63, 3.8) is 0 Å². The van der Waals surface area contributed by atoms with Gasteiger partial charge in [-0.1, -0.05) is 0 Å². The van der Waals surface area contributed by atoms with E-state index in [0.29, 0.717) is 6.54 Å². The van der Waals surface area contributed by atoms with E-state index in [-0.39, 0.29) is 11.7 Å². The molecule has 0 fully saturated rings. The largest absolute Gasteiger partial charge is 0.351 e. The fraction of sp³-hybridized carbons (Fsp3) is 0.438. The molecule has 1 aliphatic rings. The monoisotopic (exact) mass is 332 g/mol. The standard InChI is InChI=1S/C16H20N4O2S/c1-11(21)16-5-13(10-23-16)8-19-3-4-20-15(9-19)6-14(18-20)7-17-12(2)22/h5-6,10H,3-4,7-9H2,1-2H3,(H,17,22). The fourth-order valence-corrected chi connectivity index (χ4v) is 3.52. The van der Waals surface area contributed by atoms with Crippen LogP contribution in [0.4, 0.5) is 0 Å². The van der Waals surface area contributed by atoms with E-state index in [0.717, 1.165) is 36.8 Å². The Balaban J connectivity index is 1.62. The number of Topliss-reactive ketones (excluding diaryl/α,β-unsaturated/α-hetero) is 1. The molecular weight excluding hydrogens is 312 g/mol. The van der Waals surface area contributed by atoms with Crippen molar-refractivity contribution in [3.05, 3.63) is 39.3 Å². The van der Waals surface area contributed by atoms with Gasteiger partial charge in [-0.25, -0.2) is 0 Å². The van der Waals surface area contributed by atoms with Crippen molar-refractivity contribution >= 4 is 23.0 Å². The van der Waals surface area contributed by atoms with Crippen molar-refractivity contribution in [2.75, 3.05) is 6.54 Å². The Hall–Kier alpha value is -1.99. The van der Waals surface area contributed by atoms with Crippen LogP contribution in [0.5, 0.6) is 0 Å². The first-order valence-electron chi connectivity index (χ1n) is 7.62. The van der Waals surface area contributed by atoms with Crippen molar-refractivity contribution in [1.82, 2.24) is 20.0 Å². The topological polar surface area (TPSA) is 67.2 Å². The molecule has 0 saturated carbocycles. The molecule has 0 aromatic carbocycles. The van der Waals surface area contributed by atoms with Crippen LogP contribution in [0.25, 0.3) is 0 Å². The van der Waals surface area contributed by atoms with E-state index in [2.05, 4.69) is 26.8 Å². The molecule has 1 amide bonds. The predicted molar refractivity (Wildman–Crippen MR) is 88.2 cm³/mol. The van der Waals surface area contributed by atoms with Crippen molar-refractivity contribution in [3.8, 4) is 0 Å². The third-order valence-electron chi connectivity index (χ3n) is 3.85. The molecular formula is C16H20N4O2S. The van der Waals surface area contributed by atoms with Crippen molar-refractivity contribution in [2.24, 2.45) is 0 Å². The summed E-state index contributed by atoms with van der Waals surface area (Å²) in [5, 5.41) is 9.36.